The third-order valence-corrected chi connectivity index (χ3v) is 2.20. The van der Waals surface area contributed by atoms with Crippen LogP contribution in [0.2, 0.25) is 0 Å². The third kappa shape index (κ3) is 6.97. The molecule has 0 rings (SSSR count). The average molecular weight is 276 g/mol. The summed E-state index contributed by atoms with van der Waals surface area (Å²) in [5.41, 5.74) is 0. The number of urea groups is 1. The number of allylic oxidation sites excluding steroid dienone is 1. The molecule has 0 aliphatic heterocycles. The van der Waals surface area contributed by atoms with Crippen LogP contribution in [0, 0.1) is 0 Å². The zero-order valence-corrected chi connectivity index (χ0v) is 12.0. The van der Waals surface area contributed by atoms with Crippen LogP contribution in [0.1, 0.15) is 19.8 Å². The van der Waals surface area contributed by atoms with E-state index in [1.165, 1.54) is 14.2 Å². The Balaban J connectivity index is 4.04. The zero-order valence-electron chi connectivity index (χ0n) is 12.0. The summed E-state index contributed by atoms with van der Waals surface area (Å²) in [6, 6.07) is -0.626. The van der Waals surface area contributed by atoms with Gasteiger partial charge in [0.1, 0.15) is 0 Å². The number of ether oxygens (including phenoxy) is 1. The summed E-state index contributed by atoms with van der Waals surface area (Å²) < 4.78 is 5.26. The molecule has 2 amide bonds. The first-order valence-electron chi connectivity index (χ1n) is 6.03. The largest absolute Gasteiger partial charge is 0.501 e. The van der Waals surface area contributed by atoms with E-state index in [2.05, 4.69) is 4.84 Å². The molecule has 0 atom stereocenters. The fourth-order valence-electron chi connectivity index (χ4n) is 1.23. The lowest BCUT2D eigenvalue weighted by Crippen LogP contribution is -2.52. The van der Waals surface area contributed by atoms with Gasteiger partial charge >= 0.3 is 6.03 Å². The molecule has 8 nitrogen and oxygen atoms in total. The van der Waals surface area contributed by atoms with Crippen molar-refractivity contribution in [1.82, 2.24) is 15.4 Å². The number of nitrogens with zero attached hydrogens (tertiary/aromatic N) is 3. The van der Waals surface area contributed by atoms with Crippen LogP contribution in [-0.4, -0.2) is 55.8 Å². The van der Waals surface area contributed by atoms with Gasteiger partial charge in [-0.1, -0.05) is 13.0 Å². The van der Waals surface area contributed by atoms with Crippen LogP contribution in [0.15, 0.2) is 12.3 Å². The predicted molar refractivity (Wildman–Crippen MR) is 69.9 cm³/mol. The van der Waals surface area contributed by atoms with Gasteiger partial charge in [0.05, 0.1) is 27.1 Å². The number of hydrogen-bond acceptors (Lipinski definition) is 6. The molecule has 8 heteroatoms. The highest BCUT2D eigenvalue weighted by molar-refractivity contribution is 5.70. The molecule has 0 aromatic rings. The van der Waals surface area contributed by atoms with Crippen molar-refractivity contribution in [3.63, 3.8) is 0 Å². The summed E-state index contributed by atoms with van der Waals surface area (Å²) in [4.78, 5) is 21.3. The van der Waals surface area contributed by atoms with Gasteiger partial charge in [-0.25, -0.2) is 10.6 Å². The molecular weight excluding hydrogens is 252 g/mol. The van der Waals surface area contributed by atoms with E-state index in [1.807, 2.05) is 13.0 Å². The topological polar surface area (TPSA) is 80.5 Å². The molecule has 0 spiro atoms. The van der Waals surface area contributed by atoms with Gasteiger partial charge in [-0.2, -0.15) is 5.01 Å². The predicted octanol–water partition coefficient (Wildman–Crippen LogP) is 0.884. The van der Waals surface area contributed by atoms with Crippen molar-refractivity contribution < 1.29 is 19.2 Å². The van der Waals surface area contributed by atoms with Crippen molar-refractivity contribution in [2.75, 3.05) is 34.4 Å². The van der Waals surface area contributed by atoms with Gasteiger partial charge in [0.2, 0.25) is 0 Å². The highest BCUT2D eigenvalue weighted by Crippen LogP contribution is 2.01. The summed E-state index contributed by atoms with van der Waals surface area (Å²) >= 11 is 0. The lowest BCUT2D eigenvalue weighted by atomic mass is 10.4. The van der Waals surface area contributed by atoms with Gasteiger partial charge in [0.15, 0.2) is 0 Å². The maximum atomic E-state index is 11.7. The summed E-state index contributed by atoms with van der Waals surface area (Å²) in [6.07, 6.45) is 5.27. The molecule has 0 bridgehead atoms. The minimum absolute atomic E-state index is 0.559. The van der Waals surface area contributed by atoms with Crippen molar-refractivity contribution in [3.05, 3.63) is 12.3 Å². The molecule has 0 saturated carbocycles. The fraction of sp³-hybridized carbons (Fsp3) is 0.727. The average Bonchev–Trinajstić information content (AvgIpc) is 2.42. The summed E-state index contributed by atoms with van der Waals surface area (Å²) in [5.74, 6) is 5.32. The first-order chi connectivity index (χ1) is 9.08. The summed E-state index contributed by atoms with van der Waals surface area (Å²) in [5, 5.41) is 3.17. The molecule has 0 aromatic carbocycles. The van der Waals surface area contributed by atoms with E-state index in [1.54, 1.807) is 18.3 Å². The van der Waals surface area contributed by atoms with E-state index in [0.717, 1.165) is 18.0 Å². The van der Waals surface area contributed by atoms with Gasteiger partial charge in [-0.05, 0) is 12.8 Å². The first kappa shape index (κ1) is 17.6. The highest BCUT2D eigenvalue weighted by Gasteiger charge is 2.22. The quantitative estimate of drug-likeness (QED) is 0.221. The van der Waals surface area contributed by atoms with Crippen LogP contribution in [-0.2, 0) is 14.4 Å². The molecule has 0 saturated heterocycles. The van der Waals surface area contributed by atoms with E-state index in [4.69, 9.17) is 15.4 Å². The van der Waals surface area contributed by atoms with Crippen molar-refractivity contribution in [2.45, 2.75) is 19.8 Å². The van der Waals surface area contributed by atoms with Crippen LogP contribution in [0.25, 0.3) is 0 Å². The Morgan fingerprint density at radius 2 is 2.00 bits per heavy atom. The summed E-state index contributed by atoms with van der Waals surface area (Å²) in [6.45, 7) is 3.16. The van der Waals surface area contributed by atoms with Crippen molar-refractivity contribution in [1.29, 1.82) is 0 Å². The lowest BCUT2D eigenvalue weighted by Gasteiger charge is -2.30. The van der Waals surface area contributed by atoms with Crippen LogP contribution < -0.4 is 5.84 Å². The van der Waals surface area contributed by atoms with Crippen molar-refractivity contribution in [2.24, 2.45) is 5.84 Å². The van der Waals surface area contributed by atoms with Crippen LogP contribution in [0.3, 0.4) is 0 Å². The maximum absolute atomic E-state index is 11.7. The Morgan fingerprint density at radius 3 is 2.53 bits per heavy atom. The van der Waals surface area contributed by atoms with Crippen molar-refractivity contribution >= 4 is 6.03 Å². The molecule has 0 heterocycles. The first-order valence-corrected chi connectivity index (χ1v) is 6.03. The number of amides is 2. The van der Waals surface area contributed by atoms with E-state index < -0.39 is 6.03 Å². The molecular formula is C11H24N4O4. The lowest BCUT2D eigenvalue weighted by molar-refractivity contribution is -0.241. The fourth-order valence-corrected chi connectivity index (χ4v) is 1.23. The minimum Gasteiger partial charge on any atom is -0.501 e. The summed E-state index contributed by atoms with van der Waals surface area (Å²) in [7, 11) is 4.37. The SMILES string of the molecule is CCC=COCCCN(C)N(OC)C(=O)N(N)OC. The normalized spacial score (nSPS) is 11.1. The second kappa shape index (κ2) is 10.6. The van der Waals surface area contributed by atoms with Crippen LogP contribution in [0.5, 0.6) is 0 Å². The van der Waals surface area contributed by atoms with Gasteiger partial charge in [-0.3, -0.25) is 9.68 Å². The number of carbonyl (C=O) groups excluding carboxylic acids is 1. The molecule has 0 fully saturated rings. The van der Waals surface area contributed by atoms with Gasteiger partial charge in [0, 0.05) is 13.6 Å². The second-order valence-electron chi connectivity index (χ2n) is 3.63. The molecule has 2 N–H and O–H groups in total. The van der Waals surface area contributed by atoms with Crippen LogP contribution >= 0.6 is 0 Å². The minimum atomic E-state index is -0.626. The Labute approximate surface area is 114 Å². The smallest absolute Gasteiger partial charge is 0.398 e. The van der Waals surface area contributed by atoms with Gasteiger partial charge in [-0.15, -0.1) is 10.3 Å². The van der Waals surface area contributed by atoms with E-state index in [9.17, 15) is 4.79 Å². The number of hydrogen-bond donors (Lipinski definition) is 1. The number of hydroxylamine groups is 2. The van der Waals surface area contributed by atoms with Gasteiger partial charge < -0.3 is 4.74 Å². The third-order valence-electron chi connectivity index (χ3n) is 2.20. The number of carbonyl (C=O) groups is 1. The molecule has 19 heavy (non-hydrogen) atoms. The Kier molecular flexibility index (Phi) is 9.81. The second-order valence-corrected chi connectivity index (χ2v) is 3.63. The van der Waals surface area contributed by atoms with Gasteiger partial charge in [0.25, 0.3) is 0 Å². The maximum Gasteiger partial charge on any atom is 0.398 e. The molecule has 0 radical (unpaired) electrons. The van der Waals surface area contributed by atoms with E-state index in [0.29, 0.717) is 18.3 Å². The van der Waals surface area contributed by atoms with E-state index >= 15 is 0 Å². The molecule has 0 unspecified atom stereocenters. The number of hydrazine groups is 2. The molecule has 0 aromatic heterocycles. The molecule has 112 valence electrons. The van der Waals surface area contributed by atoms with Crippen molar-refractivity contribution in [3.8, 4) is 0 Å². The zero-order chi connectivity index (χ0) is 14.7. The van der Waals surface area contributed by atoms with Crippen LogP contribution in [0.4, 0.5) is 4.79 Å². The monoisotopic (exact) mass is 276 g/mol. The number of rotatable bonds is 9. The Morgan fingerprint density at radius 1 is 1.32 bits per heavy atom. The standard InChI is InChI=1S/C11H24N4O4/c1-5-6-9-19-10-7-8-13(2)15(18-4)11(16)14(12)17-3/h6,9H,5,7-8,10,12H2,1-4H3. The number of nitrogens with two attached hydrogens (primary N) is 1. The molecule has 0 aliphatic rings. The Bertz CT molecular complexity index is 275. The molecule has 0 aliphatic carbocycles. The highest BCUT2D eigenvalue weighted by atomic mass is 16.8. The Hall–Kier alpha value is -1.35. The van der Waals surface area contributed by atoms with E-state index in [-0.39, 0.29) is 0 Å².